The van der Waals surface area contributed by atoms with Crippen LogP contribution in [0.1, 0.15) is 52.6 Å². The van der Waals surface area contributed by atoms with Gasteiger partial charge in [0.05, 0.1) is 6.04 Å². The van der Waals surface area contributed by atoms with E-state index in [-0.39, 0.29) is 29.2 Å². The molecule has 1 spiro atoms. The number of ether oxygens (including phenoxy) is 1. The van der Waals surface area contributed by atoms with Crippen molar-refractivity contribution in [1.29, 1.82) is 0 Å². The van der Waals surface area contributed by atoms with Gasteiger partial charge in [-0.15, -0.1) is 6.58 Å². The number of hydrogen-bond donors (Lipinski definition) is 1. The molecule has 2 aromatic rings. The van der Waals surface area contributed by atoms with Crippen LogP contribution in [-0.2, 0) is 16.6 Å². The van der Waals surface area contributed by atoms with E-state index in [0.717, 1.165) is 49.9 Å². The van der Waals surface area contributed by atoms with E-state index < -0.39 is 0 Å². The zero-order valence-corrected chi connectivity index (χ0v) is 22.3. The fourth-order valence-corrected chi connectivity index (χ4v) is 7.84. The first-order chi connectivity index (χ1) is 17.8. The van der Waals surface area contributed by atoms with Gasteiger partial charge < -0.3 is 14.7 Å². The topological polar surface area (TPSA) is 53.0 Å². The van der Waals surface area contributed by atoms with Crippen LogP contribution in [0.2, 0.25) is 0 Å². The predicted molar refractivity (Wildman–Crippen MR) is 145 cm³/mol. The summed E-state index contributed by atoms with van der Waals surface area (Å²) >= 11 is 0. The highest BCUT2D eigenvalue weighted by Gasteiger charge is 2.66. The molecule has 4 aliphatic rings. The average Bonchev–Trinajstić information content (AvgIpc) is 3.22. The van der Waals surface area contributed by atoms with E-state index in [2.05, 4.69) is 44.1 Å². The SMILES string of the molecule is C=CCN1CC[C@]23c4c5c(C)cc(O)c4O[C@H]2[C@H](N(C)C(=O)C#Cc2ccc(C)c(C)c2)CC[C@H]3[C@H]1C5. The molecule has 6 rings (SSSR count). The van der Waals surface area contributed by atoms with E-state index in [1.54, 1.807) is 4.90 Å². The fourth-order valence-electron chi connectivity index (χ4n) is 7.84. The van der Waals surface area contributed by atoms with Crippen LogP contribution in [0, 0.1) is 38.5 Å². The summed E-state index contributed by atoms with van der Waals surface area (Å²) < 4.78 is 6.70. The summed E-state index contributed by atoms with van der Waals surface area (Å²) in [6.07, 6.45) is 5.66. The lowest BCUT2D eigenvalue weighted by Gasteiger charge is -2.60. The maximum atomic E-state index is 13.3. The number of piperidine rings is 1. The van der Waals surface area contributed by atoms with Crippen molar-refractivity contribution in [2.45, 2.75) is 70.1 Å². The third kappa shape index (κ3) is 3.45. The Hall–Kier alpha value is -3.23. The van der Waals surface area contributed by atoms with E-state index in [4.69, 9.17) is 4.74 Å². The number of amides is 1. The lowest BCUT2D eigenvalue weighted by atomic mass is 9.50. The molecule has 2 bridgehead atoms. The molecule has 5 nitrogen and oxygen atoms in total. The van der Waals surface area contributed by atoms with Gasteiger partial charge in [0.25, 0.3) is 5.91 Å². The van der Waals surface area contributed by atoms with E-state index in [0.29, 0.717) is 17.7 Å². The van der Waals surface area contributed by atoms with Crippen molar-refractivity contribution in [3.8, 4) is 23.3 Å². The van der Waals surface area contributed by atoms with Crippen LogP contribution in [0.5, 0.6) is 11.5 Å². The fraction of sp³-hybridized carbons (Fsp3) is 0.469. The largest absolute Gasteiger partial charge is 0.504 e. The van der Waals surface area contributed by atoms with Crippen LogP contribution in [0.4, 0.5) is 0 Å². The number of rotatable bonds is 3. The summed E-state index contributed by atoms with van der Waals surface area (Å²) in [5, 5.41) is 11.0. The van der Waals surface area contributed by atoms with Crippen LogP contribution in [0.25, 0.3) is 0 Å². The van der Waals surface area contributed by atoms with Crippen LogP contribution in [0.15, 0.2) is 36.9 Å². The number of hydrogen-bond acceptors (Lipinski definition) is 4. The highest BCUT2D eigenvalue weighted by atomic mass is 16.5. The second-order valence-electron chi connectivity index (χ2n) is 11.5. The normalized spacial score (nSPS) is 29.0. The van der Waals surface area contributed by atoms with Gasteiger partial charge in [0.1, 0.15) is 6.10 Å². The maximum Gasteiger partial charge on any atom is 0.298 e. The first-order valence-corrected chi connectivity index (χ1v) is 13.5. The van der Waals surface area contributed by atoms with E-state index in [1.807, 2.05) is 37.4 Å². The lowest BCUT2D eigenvalue weighted by molar-refractivity contribution is -0.134. The average molecular weight is 497 g/mol. The molecule has 37 heavy (non-hydrogen) atoms. The zero-order valence-electron chi connectivity index (χ0n) is 22.3. The molecule has 2 aliphatic heterocycles. The third-order valence-corrected chi connectivity index (χ3v) is 9.75. The number of benzene rings is 2. The van der Waals surface area contributed by atoms with Crippen molar-refractivity contribution in [2.75, 3.05) is 20.1 Å². The Kier molecular flexibility index (Phi) is 5.65. The van der Waals surface area contributed by atoms with Crippen molar-refractivity contribution in [3.05, 3.63) is 70.3 Å². The minimum Gasteiger partial charge on any atom is -0.504 e. The van der Waals surface area contributed by atoms with Gasteiger partial charge in [-0.3, -0.25) is 9.69 Å². The number of nitrogens with zero attached hydrogens (tertiary/aromatic N) is 2. The Labute approximate surface area is 220 Å². The molecule has 2 heterocycles. The first-order valence-electron chi connectivity index (χ1n) is 13.5. The zero-order chi connectivity index (χ0) is 26.1. The summed E-state index contributed by atoms with van der Waals surface area (Å²) in [5.74, 6) is 7.10. The van der Waals surface area contributed by atoms with Crippen molar-refractivity contribution in [1.82, 2.24) is 9.80 Å². The Morgan fingerprint density at radius 1 is 1.24 bits per heavy atom. The highest BCUT2D eigenvalue weighted by molar-refractivity contribution is 5.94. The van der Waals surface area contributed by atoms with E-state index in [1.165, 1.54) is 22.3 Å². The van der Waals surface area contributed by atoms with Crippen LogP contribution in [-0.4, -0.2) is 59.1 Å². The van der Waals surface area contributed by atoms with Gasteiger partial charge in [0, 0.05) is 42.1 Å². The Morgan fingerprint density at radius 3 is 2.81 bits per heavy atom. The molecule has 0 radical (unpaired) electrons. The molecule has 1 amide bonds. The molecular formula is C32H36N2O3. The Morgan fingerprint density at radius 2 is 2.05 bits per heavy atom. The van der Waals surface area contributed by atoms with Gasteiger partial charge in [-0.25, -0.2) is 0 Å². The number of phenolic OH excluding ortho intramolecular Hbond substituents is 1. The first kappa shape index (κ1) is 24.1. The van der Waals surface area contributed by atoms with Gasteiger partial charge in [0.15, 0.2) is 11.5 Å². The van der Waals surface area contributed by atoms with Gasteiger partial charge in [-0.05, 0) is 99.4 Å². The summed E-state index contributed by atoms with van der Waals surface area (Å²) in [6, 6.07) is 8.22. The molecule has 1 N–H and O–H groups in total. The van der Waals surface area contributed by atoms with Crippen molar-refractivity contribution < 1.29 is 14.6 Å². The van der Waals surface area contributed by atoms with Gasteiger partial charge in [-0.2, -0.15) is 0 Å². The molecule has 1 saturated carbocycles. The molecule has 2 fully saturated rings. The minimum absolute atomic E-state index is 0.0949. The van der Waals surface area contributed by atoms with Crippen LogP contribution < -0.4 is 4.74 Å². The van der Waals surface area contributed by atoms with Gasteiger partial charge >= 0.3 is 0 Å². The molecule has 2 aromatic carbocycles. The number of likely N-dealkylation sites (tertiary alicyclic amines) is 1. The van der Waals surface area contributed by atoms with Gasteiger partial charge in [-0.1, -0.05) is 18.1 Å². The molecular weight excluding hydrogens is 460 g/mol. The number of carbonyl (C=O) groups excluding carboxylic acids is 1. The smallest absolute Gasteiger partial charge is 0.298 e. The second kappa shape index (κ2) is 8.67. The van der Waals surface area contributed by atoms with Crippen LogP contribution in [0.3, 0.4) is 0 Å². The molecule has 0 unspecified atom stereocenters. The quantitative estimate of drug-likeness (QED) is 0.505. The Bertz CT molecular complexity index is 1370. The number of aromatic hydroxyl groups is 1. The molecule has 1 saturated heterocycles. The number of likely N-dealkylation sites (N-methyl/N-ethyl adjacent to an activating group) is 1. The number of carbonyl (C=O) groups is 1. The molecule has 5 heteroatoms. The Balaban J connectivity index is 1.37. The van der Waals surface area contributed by atoms with Crippen LogP contribution >= 0.6 is 0 Å². The van der Waals surface area contributed by atoms with Crippen molar-refractivity contribution in [2.24, 2.45) is 5.92 Å². The molecule has 5 atom stereocenters. The highest BCUT2D eigenvalue weighted by Crippen LogP contribution is 2.64. The summed E-state index contributed by atoms with van der Waals surface area (Å²) in [6.45, 7) is 12.1. The number of aryl methyl sites for hydroxylation is 3. The summed E-state index contributed by atoms with van der Waals surface area (Å²) in [5.41, 5.74) is 6.73. The second-order valence-corrected chi connectivity index (χ2v) is 11.5. The molecule has 2 aliphatic carbocycles. The van der Waals surface area contributed by atoms with Crippen molar-refractivity contribution in [3.63, 3.8) is 0 Å². The summed E-state index contributed by atoms with van der Waals surface area (Å²) in [4.78, 5) is 17.7. The minimum atomic E-state index is -0.187. The standard InChI is InChI=1S/C32H36N2O3/c1-6-14-34-15-13-32-24-10-11-25(33(5)28(36)12-9-22-8-7-19(2)20(3)16-22)31(32)37-30-27(35)17-21(4)23(29(30)32)18-26(24)34/h6-8,16-17,24-26,31,35H,1,10-11,13-15,18H2,2-5H3/t24-,25+,26+,31-,32-/m0/s1. The predicted octanol–water partition coefficient (Wildman–Crippen LogP) is 4.42. The number of phenols is 1. The monoisotopic (exact) mass is 496 g/mol. The van der Waals surface area contributed by atoms with E-state index >= 15 is 0 Å². The van der Waals surface area contributed by atoms with E-state index in [9.17, 15) is 9.90 Å². The molecule has 0 aromatic heterocycles. The lowest BCUT2D eigenvalue weighted by Crippen LogP contribution is -2.68. The maximum absolute atomic E-state index is 13.3. The summed E-state index contributed by atoms with van der Waals surface area (Å²) in [7, 11) is 1.87. The van der Waals surface area contributed by atoms with Crippen molar-refractivity contribution >= 4 is 5.91 Å². The third-order valence-electron chi connectivity index (χ3n) is 9.75. The molecule has 192 valence electrons. The van der Waals surface area contributed by atoms with Gasteiger partial charge in [0.2, 0.25) is 0 Å².